The van der Waals surface area contributed by atoms with Crippen molar-refractivity contribution in [3.63, 3.8) is 0 Å². The molecule has 0 radical (unpaired) electrons. The second-order valence-electron chi connectivity index (χ2n) is 5.43. The van der Waals surface area contributed by atoms with Crippen LogP contribution in [-0.2, 0) is 17.7 Å². The molecule has 0 saturated carbocycles. The van der Waals surface area contributed by atoms with Gasteiger partial charge in [-0.2, -0.15) is 5.10 Å². The maximum atomic E-state index is 5.77. The average molecular weight is 265 g/mol. The average Bonchev–Trinajstić information content (AvgIpc) is 3.07. The molecule has 1 aliphatic rings. The lowest BCUT2D eigenvalue weighted by Crippen LogP contribution is -2.35. The van der Waals surface area contributed by atoms with E-state index >= 15 is 0 Å². The standard InChI is InChI=1S/C15H27N3O/c1-3-7-16-14(10-15-6-5-8-19-15)9-13-11-17-18(4-2)12-13/h11-12,14-16H,3-10H2,1-2H3. The van der Waals surface area contributed by atoms with Gasteiger partial charge in [0.1, 0.15) is 0 Å². The van der Waals surface area contributed by atoms with E-state index in [1.165, 1.54) is 24.8 Å². The van der Waals surface area contributed by atoms with Crippen molar-refractivity contribution in [2.45, 2.75) is 64.6 Å². The normalized spacial score (nSPS) is 20.8. The highest BCUT2D eigenvalue weighted by Crippen LogP contribution is 2.18. The van der Waals surface area contributed by atoms with Gasteiger partial charge in [-0.3, -0.25) is 4.68 Å². The highest BCUT2D eigenvalue weighted by molar-refractivity contribution is 5.06. The van der Waals surface area contributed by atoms with Crippen LogP contribution in [0.4, 0.5) is 0 Å². The van der Waals surface area contributed by atoms with Crippen LogP contribution < -0.4 is 5.32 Å². The number of hydrogen-bond acceptors (Lipinski definition) is 3. The molecule has 2 unspecified atom stereocenters. The van der Waals surface area contributed by atoms with Crippen LogP contribution in [0.25, 0.3) is 0 Å². The molecule has 0 aromatic carbocycles. The highest BCUT2D eigenvalue weighted by atomic mass is 16.5. The summed E-state index contributed by atoms with van der Waals surface area (Å²) in [4.78, 5) is 0. The molecule has 1 aromatic heterocycles. The molecular formula is C15H27N3O. The van der Waals surface area contributed by atoms with Crippen molar-refractivity contribution in [1.82, 2.24) is 15.1 Å². The molecule has 1 saturated heterocycles. The Morgan fingerprint density at radius 3 is 3.05 bits per heavy atom. The predicted molar refractivity (Wildman–Crippen MR) is 77.3 cm³/mol. The quantitative estimate of drug-likeness (QED) is 0.784. The minimum absolute atomic E-state index is 0.454. The van der Waals surface area contributed by atoms with Gasteiger partial charge in [0.15, 0.2) is 0 Å². The van der Waals surface area contributed by atoms with Gasteiger partial charge in [0.2, 0.25) is 0 Å². The van der Waals surface area contributed by atoms with Crippen LogP contribution in [0, 0.1) is 0 Å². The lowest BCUT2D eigenvalue weighted by atomic mass is 10.0. The number of nitrogens with zero attached hydrogens (tertiary/aromatic N) is 2. The maximum absolute atomic E-state index is 5.77. The minimum Gasteiger partial charge on any atom is -0.378 e. The molecule has 4 nitrogen and oxygen atoms in total. The van der Waals surface area contributed by atoms with E-state index in [9.17, 15) is 0 Å². The van der Waals surface area contributed by atoms with Crippen LogP contribution in [0.2, 0.25) is 0 Å². The number of aryl methyl sites for hydroxylation is 1. The molecule has 0 amide bonds. The van der Waals surface area contributed by atoms with Gasteiger partial charge in [-0.1, -0.05) is 6.92 Å². The topological polar surface area (TPSA) is 39.1 Å². The number of hydrogen-bond donors (Lipinski definition) is 1. The maximum Gasteiger partial charge on any atom is 0.0590 e. The van der Waals surface area contributed by atoms with E-state index in [1.54, 1.807) is 0 Å². The van der Waals surface area contributed by atoms with Gasteiger partial charge in [0.05, 0.1) is 12.3 Å². The Bertz CT molecular complexity index is 358. The summed E-state index contributed by atoms with van der Waals surface area (Å²) in [5, 5.41) is 8.01. The van der Waals surface area contributed by atoms with E-state index in [2.05, 4.69) is 30.5 Å². The molecule has 0 spiro atoms. The van der Waals surface area contributed by atoms with Gasteiger partial charge in [0.25, 0.3) is 0 Å². The highest BCUT2D eigenvalue weighted by Gasteiger charge is 2.21. The third-order valence-corrected chi connectivity index (χ3v) is 3.75. The second-order valence-corrected chi connectivity index (χ2v) is 5.43. The van der Waals surface area contributed by atoms with Gasteiger partial charge in [0, 0.05) is 25.4 Å². The van der Waals surface area contributed by atoms with Crippen LogP contribution >= 0.6 is 0 Å². The summed E-state index contributed by atoms with van der Waals surface area (Å²) >= 11 is 0. The molecular weight excluding hydrogens is 238 g/mol. The lowest BCUT2D eigenvalue weighted by Gasteiger charge is -2.21. The molecule has 2 rings (SSSR count). The summed E-state index contributed by atoms with van der Waals surface area (Å²) in [6.45, 7) is 7.30. The van der Waals surface area contributed by atoms with Gasteiger partial charge in [-0.25, -0.2) is 0 Å². The third kappa shape index (κ3) is 4.62. The van der Waals surface area contributed by atoms with Crippen molar-refractivity contribution in [2.75, 3.05) is 13.2 Å². The molecule has 1 aromatic rings. The van der Waals surface area contributed by atoms with Crippen molar-refractivity contribution in [3.8, 4) is 0 Å². The smallest absolute Gasteiger partial charge is 0.0590 e. The van der Waals surface area contributed by atoms with Crippen molar-refractivity contribution in [3.05, 3.63) is 18.0 Å². The SMILES string of the molecule is CCCNC(Cc1cnn(CC)c1)CC1CCCO1. The Hall–Kier alpha value is -0.870. The minimum atomic E-state index is 0.454. The van der Waals surface area contributed by atoms with E-state index in [0.717, 1.165) is 32.5 Å². The number of ether oxygens (including phenoxy) is 1. The van der Waals surface area contributed by atoms with E-state index in [0.29, 0.717) is 12.1 Å². The lowest BCUT2D eigenvalue weighted by molar-refractivity contribution is 0.0946. The Balaban J connectivity index is 1.87. The second kappa shape index (κ2) is 7.65. The number of nitrogens with one attached hydrogen (secondary N) is 1. The summed E-state index contributed by atoms with van der Waals surface area (Å²) in [5.41, 5.74) is 1.33. The molecule has 19 heavy (non-hydrogen) atoms. The van der Waals surface area contributed by atoms with Crippen LogP contribution in [0.15, 0.2) is 12.4 Å². The Kier molecular flexibility index (Phi) is 5.86. The summed E-state index contributed by atoms with van der Waals surface area (Å²) in [6, 6.07) is 0.512. The third-order valence-electron chi connectivity index (χ3n) is 3.75. The molecule has 1 aliphatic heterocycles. The molecule has 0 bridgehead atoms. The monoisotopic (exact) mass is 265 g/mol. The molecule has 2 atom stereocenters. The zero-order valence-electron chi connectivity index (χ0n) is 12.3. The van der Waals surface area contributed by atoms with Crippen LogP contribution in [0.1, 0.15) is 45.1 Å². The zero-order valence-corrected chi connectivity index (χ0v) is 12.3. The first-order valence-electron chi connectivity index (χ1n) is 7.68. The molecule has 1 fully saturated rings. The van der Waals surface area contributed by atoms with E-state index in [4.69, 9.17) is 4.74 Å². The number of rotatable bonds is 8. The molecule has 108 valence electrons. The fourth-order valence-corrected chi connectivity index (χ4v) is 2.70. The molecule has 0 aliphatic carbocycles. The van der Waals surface area contributed by atoms with E-state index in [1.807, 2.05) is 10.9 Å². The van der Waals surface area contributed by atoms with Gasteiger partial charge >= 0.3 is 0 Å². The molecule has 1 N–H and O–H groups in total. The Morgan fingerprint density at radius 1 is 1.53 bits per heavy atom. The largest absolute Gasteiger partial charge is 0.378 e. The summed E-state index contributed by atoms with van der Waals surface area (Å²) < 4.78 is 7.76. The van der Waals surface area contributed by atoms with E-state index < -0.39 is 0 Å². The fraction of sp³-hybridized carbons (Fsp3) is 0.800. The van der Waals surface area contributed by atoms with Crippen LogP contribution in [-0.4, -0.2) is 35.1 Å². The molecule has 4 heteroatoms. The fourth-order valence-electron chi connectivity index (χ4n) is 2.70. The predicted octanol–water partition coefficient (Wildman–Crippen LogP) is 2.38. The first kappa shape index (κ1) is 14.5. The van der Waals surface area contributed by atoms with Crippen molar-refractivity contribution >= 4 is 0 Å². The Morgan fingerprint density at radius 2 is 2.42 bits per heavy atom. The summed E-state index contributed by atoms with van der Waals surface area (Å²) in [7, 11) is 0. The van der Waals surface area contributed by atoms with Crippen molar-refractivity contribution in [2.24, 2.45) is 0 Å². The van der Waals surface area contributed by atoms with E-state index in [-0.39, 0.29) is 0 Å². The first-order valence-corrected chi connectivity index (χ1v) is 7.68. The zero-order chi connectivity index (χ0) is 13.5. The van der Waals surface area contributed by atoms with Crippen molar-refractivity contribution < 1.29 is 4.74 Å². The summed E-state index contributed by atoms with van der Waals surface area (Å²) in [6.07, 6.45) is 10.4. The number of aromatic nitrogens is 2. The van der Waals surface area contributed by atoms with Gasteiger partial charge < -0.3 is 10.1 Å². The van der Waals surface area contributed by atoms with Gasteiger partial charge in [-0.05, 0) is 51.1 Å². The van der Waals surface area contributed by atoms with Gasteiger partial charge in [-0.15, -0.1) is 0 Å². The first-order chi connectivity index (χ1) is 9.31. The summed E-state index contributed by atoms with van der Waals surface area (Å²) in [5.74, 6) is 0. The van der Waals surface area contributed by atoms with Crippen LogP contribution in [0.3, 0.4) is 0 Å². The molecule has 2 heterocycles. The van der Waals surface area contributed by atoms with Crippen molar-refractivity contribution in [1.29, 1.82) is 0 Å². The Labute approximate surface area is 116 Å². The van der Waals surface area contributed by atoms with Crippen LogP contribution in [0.5, 0.6) is 0 Å².